The lowest BCUT2D eigenvalue weighted by Crippen LogP contribution is -2.25. The molecule has 0 saturated heterocycles. The van der Waals surface area contributed by atoms with Gasteiger partial charge in [0.1, 0.15) is 11.6 Å². The van der Waals surface area contributed by atoms with E-state index in [2.05, 4.69) is 25.7 Å². The third kappa shape index (κ3) is 3.35. The summed E-state index contributed by atoms with van der Waals surface area (Å²) in [7, 11) is 0. The number of nitrogens with zero attached hydrogens (tertiary/aromatic N) is 6. The molecule has 0 saturated carbocycles. The van der Waals surface area contributed by atoms with E-state index in [4.69, 9.17) is 10.5 Å². The average Bonchev–Trinajstić information content (AvgIpc) is 3.35. The van der Waals surface area contributed by atoms with E-state index in [0.717, 1.165) is 11.1 Å². The van der Waals surface area contributed by atoms with Crippen LogP contribution in [0.15, 0.2) is 42.6 Å². The molecule has 3 aromatic heterocycles. The number of rotatable bonds is 5. The Bertz CT molecular complexity index is 1310. The van der Waals surface area contributed by atoms with Crippen molar-refractivity contribution in [2.75, 3.05) is 11.9 Å². The first kappa shape index (κ1) is 18.7. The number of ether oxygens (including phenoxy) is 1. The standard InChI is InChI=1S/C20H18N8O3/c1-11-24-25-17-6-7-18(26-27(11)17)28-20-15(9-22-28)14(8-19(30)23-20)12-2-4-13(5-3-12)31-10-16(21)29/h2-7,9,14H,8,10H2,1H3,(H2,21,29)(H,23,30). The Morgan fingerprint density at radius 1 is 1.23 bits per heavy atom. The first-order valence-electron chi connectivity index (χ1n) is 9.58. The van der Waals surface area contributed by atoms with E-state index in [-0.39, 0.29) is 24.9 Å². The normalized spacial score (nSPS) is 15.5. The van der Waals surface area contributed by atoms with Crippen LogP contribution < -0.4 is 15.8 Å². The highest BCUT2D eigenvalue weighted by atomic mass is 16.5. The molecule has 156 valence electrons. The number of nitrogens with one attached hydrogen (secondary N) is 1. The maximum atomic E-state index is 12.5. The van der Waals surface area contributed by atoms with Crippen molar-refractivity contribution in [2.45, 2.75) is 19.3 Å². The van der Waals surface area contributed by atoms with Crippen LogP contribution in [0.2, 0.25) is 0 Å². The zero-order chi connectivity index (χ0) is 21.5. The number of aryl methyl sites for hydroxylation is 1. The fraction of sp³-hybridized carbons (Fsp3) is 0.200. The van der Waals surface area contributed by atoms with E-state index in [1.54, 1.807) is 39.7 Å². The number of anilines is 1. The molecule has 1 aliphatic heterocycles. The van der Waals surface area contributed by atoms with Crippen molar-refractivity contribution in [3.8, 4) is 11.6 Å². The van der Waals surface area contributed by atoms with Crippen molar-refractivity contribution in [3.05, 3.63) is 59.5 Å². The number of nitrogens with two attached hydrogens (primary N) is 1. The minimum atomic E-state index is -0.543. The van der Waals surface area contributed by atoms with Crippen LogP contribution in [0.25, 0.3) is 11.5 Å². The quantitative estimate of drug-likeness (QED) is 0.491. The molecule has 0 radical (unpaired) electrons. The van der Waals surface area contributed by atoms with Gasteiger partial charge in [-0.15, -0.1) is 15.3 Å². The van der Waals surface area contributed by atoms with Crippen LogP contribution in [-0.4, -0.2) is 48.0 Å². The summed E-state index contributed by atoms with van der Waals surface area (Å²) < 4.78 is 8.53. The van der Waals surface area contributed by atoms with Gasteiger partial charge in [0.25, 0.3) is 5.91 Å². The summed E-state index contributed by atoms with van der Waals surface area (Å²) in [6, 6.07) is 10.8. The largest absolute Gasteiger partial charge is 0.484 e. The van der Waals surface area contributed by atoms with E-state index in [1.807, 2.05) is 19.1 Å². The second-order valence-corrected chi connectivity index (χ2v) is 7.20. The summed E-state index contributed by atoms with van der Waals surface area (Å²) in [4.78, 5) is 23.4. The lowest BCUT2D eigenvalue weighted by Gasteiger charge is -2.23. The van der Waals surface area contributed by atoms with E-state index >= 15 is 0 Å². The third-order valence-electron chi connectivity index (χ3n) is 5.11. The van der Waals surface area contributed by atoms with Crippen LogP contribution in [0, 0.1) is 6.92 Å². The van der Waals surface area contributed by atoms with E-state index in [1.165, 1.54) is 0 Å². The van der Waals surface area contributed by atoms with Gasteiger partial charge in [-0.3, -0.25) is 9.59 Å². The molecule has 31 heavy (non-hydrogen) atoms. The Labute approximate surface area is 175 Å². The van der Waals surface area contributed by atoms with Crippen LogP contribution in [0.4, 0.5) is 5.82 Å². The minimum absolute atomic E-state index is 0.116. The summed E-state index contributed by atoms with van der Waals surface area (Å²) in [6.07, 6.45) is 2.03. The summed E-state index contributed by atoms with van der Waals surface area (Å²) >= 11 is 0. The molecule has 1 unspecified atom stereocenters. The summed E-state index contributed by atoms with van der Waals surface area (Å²) in [6.45, 7) is 1.62. The van der Waals surface area contributed by atoms with Gasteiger partial charge in [0.05, 0.1) is 6.20 Å². The maximum absolute atomic E-state index is 12.5. The second kappa shape index (κ2) is 7.20. The molecule has 3 N–H and O–H groups in total. The fourth-order valence-corrected chi connectivity index (χ4v) is 3.64. The van der Waals surface area contributed by atoms with Crippen molar-refractivity contribution in [1.82, 2.24) is 29.6 Å². The summed E-state index contributed by atoms with van der Waals surface area (Å²) in [5.41, 5.74) is 7.55. The SMILES string of the molecule is Cc1nnc2ccc(-n3ncc4c3NC(=O)CC4c3ccc(OCC(N)=O)cc3)nn12. The van der Waals surface area contributed by atoms with Gasteiger partial charge < -0.3 is 15.8 Å². The van der Waals surface area contributed by atoms with Crippen LogP contribution in [-0.2, 0) is 9.59 Å². The van der Waals surface area contributed by atoms with Crippen molar-refractivity contribution >= 4 is 23.3 Å². The van der Waals surface area contributed by atoms with E-state index in [0.29, 0.717) is 28.9 Å². The van der Waals surface area contributed by atoms with Gasteiger partial charge in [-0.1, -0.05) is 12.1 Å². The predicted molar refractivity (Wildman–Crippen MR) is 109 cm³/mol. The number of fused-ring (bicyclic) bond motifs is 2. The first-order valence-corrected chi connectivity index (χ1v) is 9.58. The molecule has 11 nitrogen and oxygen atoms in total. The highest BCUT2D eigenvalue weighted by molar-refractivity contribution is 5.94. The molecule has 0 spiro atoms. The number of aromatic nitrogens is 6. The van der Waals surface area contributed by atoms with Crippen molar-refractivity contribution in [2.24, 2.45) is 5.73 Å². The van der Waals surface area contributed by atoms with Gasteiger partial charge in [0, 0.05) is 17.9 Å². The topological polar surface area (TPSA) is 142 Å². The Balaban J connectivity index is 1.50. The molecule has 0 bridgehead atoms. The average molecular weight is 418 g/mol. The number of carbonyl (C=O) groups excluding carboxylic acids is 2. The number of primary amides is 1. The Morgan fingerprint density at radius 3 is 2.81 bits per heavy atom. The zero-order valence-corrected chi connectivity index (χ0v) is 16.5. The van der Waals surface area contributed by atoms with Gasteiger partial charge in [-0.2, -0.15) is 14.3 Å². The predicted octanol–water partition coefficient (Wildman–Crippen LogP) is 0.957. The molecule has 1 aliphatic rings. The smallest absolute Gasteiger partial charge is 0.255 e. The maximum Gasteiger partial charge on any atom is 0.255 e. The van der Waals surface area contributed by atoms with Crippen LogP contribution in [0.1, 0.15) is 29.3 Å². The number of amides is 2. The Hall–Kier alpha value is -4.28. The highest BCUT2D eigenvalue weighted by Crippen LogP contribution is 2.38. The first-order chi connectivity index (χ1) is 15.0. The van der Waals surface area contributed by atoms with E-state index in [9.17, 15) is 9.59 Å². The molecule has 5 rings (SSSR count). The second-order valence-electron chi connectivity index (χ2n) is 7.20. The molecule has 0 aliphatic carbocycles. The molecule has 1 aromatic carbocycles. The minimum Gasteiger partial charge on any atom is -0.484 e. The molecular weight excluding hydrogens is 400 g/mol. The van der Waals surface area contributed by atoms with Crippen LogP contribution >= 0.6 is 0 Å². The molecular formula is C20H18N8O3. The Morgan fingerprint density at radius 2 is 2.03 bits per heavy atom. The number of benzene rings is 1. The zero-order valence-electron chi connectivity index (χ0n) is 16.5. The van der Waals surface area contributed by atoms with Crippen molar-refractivity contribution < 1.29 is 14.3 Å². The molecule has 11 heteroatoms. The van der Waals surface area contributed by atoms with E-state index < -0.39 is 5.91 Å². The van der Waals surface area contributed by atoms with Gasteiger partial charge >= 0.3 is 0 Å². The van der Waals surface area contributed by atoms with Crippen LogP contribution in [0.3, 0.4) is 0 Å². The number of hydrogen-bond donors (Lipinski definition) is 2. The van der Waals surface area contributed by atoms with Gasteiger partial charge in [-0.25, -0.2) is 0 Å². The van der Waals surface area contributed by atoms with Gasteiger partial charge in [0.15, 0.2) is 23.9 Å². The van der Waals surface area contributed by atoms with Crippen LogP contribution in [0.5, 0.6) is 5.75 Å². The van der Waals surface area contributed by atoms with Crippen molar-refractivity contribution in [1.29, 1.82) is 0 Å². The molecule has 2 amide bonds. The number of carbonyl (C=O) groups is 2. The van der Waals surface area contributed by atoms with Crippen molar-refractivity contribution in [3.63, 3.8) is 0 Å². The third-order valence-corrected chi connectivity index (χ3v) is 5.11. The lowest BCUT2D eigenvalue weighted by molar-refractivity contribution is -0.120. The summed E-state index contributed by atoms with van der Waals surface area (Å²) in [5.74, 6) is 1.45. The van der Waals surface area contributed by atoms with Gasteiger partial charge in [-0.05, 0) is 36.8 Å². The highest BCUT2D eigenvalue weighted by Gasteiger charge is 2.30. The molecule has 1 atom stereocenters. The molecule has 4 heterocycles. The monoisotopic (exact) mass is 418 g/mol. The Kier molecular flexibility index (Phi) is 4.35. The number of hydrogen-bond acceptors (Lipinski definition) is 7. The summed E-state index contributed by atoms with van der Waals surface area (Å²) in [5, 5.41) is 20.0. The lowest BCUT2D eigenvalue weighted by atomic mass is 9.87. The molecule has 4 aromatic rings. The fourth-order valence-electron chi connectivity index (χ4n) is 3.64. The molecule has 0 fully saturated rings. The van der Waals surface area contributed by atoms with Gasteiger partial charge in [0.2, 0.25) is 5.91 Å².